The molecule has 0 radical (unpaired) electrons. The summed E-state index contributed by atoms with van der Waals surface area (Å²) < 4.78 is 20.2. The van der Waals surface area contributed by atoms with Gasteiger partial charge in [-0.25, -0.2) is 4.79 Å². The molecular formula is C13H18O7. The molecule has 0 aromatic heterocycles. The lowest BCUT2D eigenvalue weighted by atomic mass is 10.2. The van der Waals surface area contributed by atoms with Crippen molar-refractivity contribution in [3.05, 3.63) is 17.7 Å². The predicted octanol–water partition coefficient (Wildman–Crippen LogP) is 0.222. The summed E-state index contributed by atoms with van der Waals surface area (Å²) >= 11 is 0. The molecule has 0 fully saturated rings. The van der Waals surface area contributed by atoms with Gasteiger partial charge in [-0.1, -0.05) is 0 Å². The fraction of sp³-hybridized carbons (Fsp3) is 0.462. The van der Waals surface area contributed by atoms with Gasteiger partial charge in [0, 0.05) is 0 Å². The molecule has 0 heterocycles. The summed E-state index contributed by atoms with van der Waals surface area (Å²) in [6.45, 7) is -0.783. The molecule has 0 unspecified atom stereocenters. The maximum Gasteiger partial charge on any atom is 0.338 e. The number of rotatable bonds is 7. The molecule has 7 nitrogen and oxygen atoms in total. The highest BCUT2D eigenvalue weighted by molar-refractivity contribution is 5.91. The van der Waals surface area contributed by atoms with Crippen LogP contribution in [-0.2, 0) is 4.74 Å². The van der Waals surface area contributed by atoms with Gasteiger partial charge in [0.1, 0.15) is 12.7 Å². The number of hydrogen-bond acceptors (Lipinski definition) is 7. The lowest BCUT2D eigenvalue weighted by Crippen LogP contribution is -2.22. The van der Waals surface area contributed by atoms with Gasteiger partial charge in [-0.3, -0.25) is 0 Å². The van der Waals surface area contributed by atoms with Crippen molar-refractivity contribution in [1.29, 1.82) is 0 Å². The van der Waals surface area contributed by atoms with Gasteiger partial charge in [-0.2, -0.15) is 0 Å². The second-order valence-electron chi connectivity index (χ2n) is 3.85. The average molecular weight is 286 g/mol. The van der Waals surface area contributed by atoms with Crippen molar-refractivity contribution in [3.8, 4) is 17.2 Å². The zero-order valence-electron chi connectivity index (χ0n) is 11.6. The van der Waals surface area contributed by atoms with Gasteiger partial charge in [0.05, 0.1) is 33.5 Å². The van der Waals surface area contributed by atoms with Gasteiger partial charge >= 0.3 is 5.97 Å². The van der Waals surface area contributed by atoms with Crippen LogP contribution in [0, 0.1) is 0 Å². The van der Waals surface area contributed by atoms with Crippen LogP contribution in [0.1, 0.15) is 10.4 Å². The molecule has 20 heavy (non-hydrogen) atoms. The minimum atomic E-state index is -1.11. The Balaban J connectivity index is 2.97. The largest absolute Gasteiger partial charge is 0.493 e. The summed E-state index contributed by atoms with van der Waals surface area (Å²) in [6, 6.07) is 2.88. The minimum absolute atomic E-state index is 0.185. The number of aliphatic hydroxyl groups excluding tert-OH is 2. The molecule has 1 aromatic carbocycles. The van der Waals surface area contributed by atoms with Crippen LogP contribution in [0.4, 0.5) is 0 Å². The van der Waals surface area contributed by atoms with Gasteiger partial charge in [0.15, 0.2) is 11.5 Å². The topological polar surface area (TPSA) is 94.5 Å². The zero-order chi connectivity index (χ0) is 15.1. The van der Waals surface area contributed by atoms with E-state index >= 15 is 0 Å². The lowest BCUT2D eigenvalue weighted by molar-refractivity contribution is 0.00928. The molecule has 7 heteroatoms. The number of carbonyl (C=O) groups is 1. The van der Waals surface area contributed by atoms with Crippen LogP contribution in [0.15, 0.2) is 12.1 Å². The Morgan fingerprint density at radius 1 is 1.15 bits per heavy atom. The first-order valence-electron chi connectivity index (χ1n) is 5.83. The highest BCUT2D eigenvalue weighted by Gasteiger charge is 2.18. The quantitative estimate of drug-likeness (QED) is 0.692. The van der Waals surface area contributed by atoms with Crippen molar-refractivity contribution >= 4 is 5.97 Å². The molecule has 0 aliphatic carbocycles. The van der Waals surface area contributed by atoms with E-state index in [9.17, 15) is 4.79 Å². The fourth-order valence-electron chi connectivity index (χ4n) is 1.51. The number of methoxy groups -OCH3 is 3. The van der Waals surface area contributed by atoms with Crippen LogP contribution in [0.2, 0.25) is 0 Å². The van der Waals surface area contributed by atoms with Gasteiger partial charge in [0.2, 0.25) is 5.75 Å². The molecule has 1 atom stereocenters. The Morgan fingerprint density at radius 2 is 1.70 bits per heavy atom. The van der Waals surface area contributed by atoms with E-state index in [0.717, 1.165) is 0 Å². The molecule has 0 aliphatic rings. The molecule has 0 amide bonds. The van der Waals surface area contributed by atoms with Gasteiger partial charge < -0.3 is 29.2 Å². The summed E-state index contributed by atoms with van der Waals surface area (Å²) in [4.78, 5) is 11.8. The Labute approximate surface area is 116 Å². The molecule has 1 aromatic rings. The maximum atomic E-state index is 11.8. The predicted molar refractivity (Wildman–Crippen MR) is 69.5 cm³/mol. The normalized spacial score (nSPS) is 11.7. The summed E-state index contributed by atoms with van der Waals surface area (Å²) in [7, 11) is 4.32. The number of ether oxygens (including phenoxy) is 4. The van der Waals surface area contributed by atoms with Crippen LogP contribution in [0.25, 0.3) is 0 Å². The molecule has 0 bridgehead atoms. The Kier molecular flexibility index (Phi) is 6.08. The third-order valence-electron chi connectivity index (χ3n) is 2.52. The summed E-state index contributed by atoms with van der Waals surface area (Å²) in [6.07, 6.45) is -1.11. The SMILES string of the molecule is COc1cc(C(=O)OC[C@H](O)CO)cc(OC)c1OC. The van der Waals surface area contributed by atoms with E-state index in [2.05, 4.69) is 0 Å². The monoisotopic (exact) mass is 286 g/mol. The van der Waals surface area contributed by atoms with Crippen LogP contribution in [-0.4, -0.2) is 56.8 Å². The van der Waals surface area contributed by atoms with Crippen molar-refractivity contribution in [2.24, 2.45) is 0 Å². The molecule has 0 aliphatic heterocycles. The Bertz CT molecular complexity index is 433. The number of hydrogen-bond donors (Lipinski definition) is 2. The van der Waals surface area contributed by atoms with Gasteiger partial charge in [-0.05, 0) is 12.1 Å². The highest BCUT2D eigenvalue weighted by Crippen LogP contribution is 2.38. The lowest BCUT2D eigenvalue weighted by Gasteiger charge is -2.14. The molecule has 112 valence electrons. The molecule has 2 N–H and O–H groups in total. The molecule has 0 saturated heterocycles. The van der Waals surface area contributed by atoms with E-state index in [1.165, 1.54) is 33.5 Å². The molecular weight excluding hydrogens is 268 g/mol. The van der Waals surface area contributed by atoms with E-state index in [4.69, 9.17) is 29.2 Å². The number of aliphatic hydroxyl groups is 2. The third-order valence-corrected chi connectivity index (χ3v) is 2.52. The van der Waals surface area contributed by atoms with Crippen LogP contribution in [0.5, 0.6) is 17.2 Å². The molecule has 0 spiro atoms. The number of carbonyl (C=O) groups excluding carboxylic acids is 1. The second-order valence-corrected chi connectivity index (χ2v) is 3.85. The third kappa shape index (κ3) is 3.75. The minimum Gasteiger partial charge on any atom is -0.493 e. The molecule has 1 rings (SSSR count). The second kappa shape index (κ2) is 7.56. The van der Waals surface area contributed by atoms with E-state index in [0.29, 0.717) is 17.2 Å². The van der Waals surface area contributed by atoms with E-state index in [1.807, 2.05) is 0 Å². The molecule has 0 saturated carbocycles. The average Bonchev–Trinajstić information content (AvgIpc) is 2.50. The van der Waals surface area contributed by atoms with Crippen LogP contribution in [0.3, 0.4) is 0 Å². The van der Waals surface area contributed by atoms with Crippen molar-refractivity contribution in [1.82, 2.24) is 0 Å². The first-order valence-corrected chi connectivity index (χ1v) is 5.83. The van der Waals surface area contributed by atoms with E-state index in [-0.39, 0.29) is 12.2 Å². The first kappa shape index (κ1) is 16.1. The Morgan fingerprint density at radius 3 is 2.10 bits per heavy atom. The van der Waals surface area contributed by atoms with E-state index in [1.54, 1.807) is 0 Å². The number of benzene rings is 1. The fourth-order valence-corrected chi connectivity index (χ4v) is 1.51. The van der Waals surface area contributed by atoms with Crippen LogP contribution < -0.4 is 14.2 Å². The van der Waals surface area contributed by atoms with Crippen molar-refractivity contribution in [2.75, 3.05) is 34.5 Å². The van der Waals surface area contributed by atoms with Gasteiger partial charge in [-0.15, -0.1) is 0 Å². The van der Waals surface area contributed by atoms with E-state index < -0.39 is 18.7 Å². The highest BCUT2D eigenvalue weighted by atomic mass is 16.5. The zero-order valence-corrected chi connectivity index (χ0v) is 11.6. The van der Waals surface area contributed by atoms with Gasteiger partial charge in [0.25, 0.3) is 0 Å². The summed E-state index contributed by atoms with van der Waals surface area (Å²) in [5, 5.41) is 17.8. The smallest absolute Gasteiger partial charge is 0.338 e. The first-order chi connectivity index (χ1) is 9.57. The van der Waals surface area contributed by atoms with Crippen molar-refractivity contribution in [3.63, 3.8) is 0 Å². The van der Waals surface area contributed by atoms with Crippen molar-refractivity contribution < 1.29 is 34.0 Å². The van der Waals surface area contributed by atoms with Crippen LogP contribution >= 0.6 is 0 Å². The number of esters is 1. The maximum absolute atomic E-state index is 11.8. The summed E-state index contributed by atoms with van der Waals surface area (Å²) in [5.41, 5.74) is 0.185. The summed E-state index contributed by atoms with van der Waals surface area (Å²) in [5.74, 6) is 0.335. The Hall–Kier alpha value is -1.99. The van der Waals surface area contributed by atoms with Crippen molar-refractivity contribution in [2.45, 2.75) is 6.10 Å². The standard InChI is InChI=1S/C13H18O7/c1-17-10-4-8(5-11(18-2)12(10)19-3)13(16)20-7-9(15)6-14/h4-5,9,14-15H,6-7H2,1-3H3/t9-/m1/s1.